The molecular weight excluding hydrogens is 184 g/mol. The van der Waals surface area contributed by atoms with E-state index in [1.165, 1.54) is 6.07 Å². The summed E-state index contributed by atoms with van der Waals surface area (Å²) in [4.78, 5) is 14.0. The first kappa shape index (κ1) is 8.49. The van der Waals surface area contributed by atoms with Crippen LogP contribution in [-0.2, 0) is 0 Å². The van der Waals surface area contributed by atoms with E-state index in [-0.39, 0.29) is 5.82 Å². The van der Waals surface area contributed by atoms with Crippen molar-refractivity contribution in [2.24, 2.45) is 0 Å². The molecule has 2 aromatic heterocycles. The highest BCUT2D eigenvalue weighted by molar-refractivity contribution is 5.67. The summed E-state index contributed by atoms with van der Waals surface area (Å²) < 4.78 is 1.63. The number of anilines is 1. The first-order valence-electron chi connectivity index (χ1n) is 3.98. The molecule has 0 radical (unpaired) electrons. The van der Waals surface area contributed by atoms with Gasteiger partial charge < -0.3 is 15.8 Å². The van der Waals surface area contributed by atoms with Gasteiger partial charge in [0.2, 0.25) is 5.82 Å². The van der Waals surface area contributed by atoms with Crippen molar-refractivity contribution in [3.05, 3.63) is 34.3 Å². The number of aryl methyl sites for hydroxylation is 1. The fourth-order valence-electron chi connectivity index (χ4n) is 1.37. The summed E-state index contributed by atoms with van der Waals surface area (Å²) in [6.07, 6.45) is 1.67. The van der Waals surface area contributed by atoms with Crippen LogP contribution in [0.2, 0.25) is 0 Å². The number of imidazole rings is 1. The molecule has 0 spiro atoms. The highest BCUT2D eigenvalue weighted by atomic mass is 16.6. The molecule has 0 bridgehead atoms. The minimum absolute atomic E-state index is 0.158. The van der Waals surface area contributed by atoms with E-state index in [1.807, 2.05) is 0 Å². The Morgan fingerprint density at radius 3 is 3.00 bits per heavy atom. The summed E-state index contributed by atoms with van der Waals surface area (Å²) in [5, 5.41) is 10.6. The molecule has 0 saturated carbocycles. The van der Waals surface area contributed by atoms with Crippen molar-refractivity contribution in [1.82, 2.24) is 9.38 Å². The predicted molar refractivity (Wildman–Crippen MR) is 51.0 cm³/mol. The lowest BCUT2D eigenvalue weighted by atomic mass is 10.3. The molecule has 6 heteroatoms. The van der Waals surface area contributed by atoms with Gasteiger partial charge >= 0.3 is 5.82 Å². The fraction of sp³-hybridized carbons (Fsp3) is 0.125. The summed E-state index contributed by atoms with van der Waals surface area (Å²) in [6, 6.07) is 3.21. The Kier molecular flexibility index (Phi) is 1.63. The molecular formula is C8H8N4O2. The van der Waals surface area contributed by atoms with Gasteiger partial charge in [-0.25, -0.2) is 0 Å². The van der Waals surface area contributed by atoms with E-state index in [0.717, 1.165) is 0 Å². The Labute approximate surface area is 79.1 Å². The van der Waals surface area contributed by atoms with Gasteiger partial charge in [-0.15, -0.1) is 0 Å². The van der Waals surface area contributed by atoms with Crippen LogP contribution < -0.4 is 5.73 Å². The smallest absolute Gasteiger partial charge is 0.389 e. The number of nitrogens with two attached hydrogens (primary N) is 1. The Balaban J connectivity index is 2.85. The largest absolute Gasteiger partial charge is 0.399 e. The van der Waals surface area contributed by atoms with E-state index in [1.54, 1.807) is 23.6 Å². The standard InChI is InChI=1S/C8H8N4O2/c1-5-10-8(12(13)14)7-4-6(9)2-3-11(5)7/h2-4H,9H2,1H3. The third kappa shape index (κ3) is 1.08. The lowest BCUT2D eigenvalue weighted by molar-refractivity contribution is -0.387. The molecule has 2 aromatic rings. The fourth-order valence-corrected chi connectivity index (χ4v) is 1.37. The van der Waals surface area contributed by atoms with Crippen LogP contribution in [0.25, 0.3) is 5.52 Å². The average molecular weight is 192 g/mol. The van der Waals surface area contributed by atoms with Crippen LogP contribution in [0.3, 0.4) is 0 Å². The molecule has 0 unspecified atom stereocenters. The van der Waals surface area contributed by atoms with Gasteiger partial charge in [0.25, 0.3) is 0 Å². The van der Waals surface area contributed by atoms with Gasteiger partial charge in [-0.1, -0.05) is 0 Å². The zero-order valence-corrected chi connectivity index (χ0v) is 7.47. The first-order valence-corrected chi connectivity index (χ1v) is 3.98. The van der Waals surface area contributed by atoms with Crippen LogP contribution in [0.1, 0.15) is 5.82 Å². The maximum absolute atomic E-state index is 10.6. The minimum atomic E-state index is -0.512. The Morgan fingerprint density at radius 2 is 2.36 bits per heavy atom. The predicted octanol–water partition coefficient (Wildman–Crippen LogP) is 1.13. The molecule has 0 aromatic carbocycles. The van der Waals surface area contributed by atoms with Crippen molar-refractivity contribution in [2.45, 2.75) is 6.92 Å². The van der Waals surface area contributed by atoms with Crippen LogP contribution in [-0.4, -0.2) is 14.3 Å². The van der Waals surface area contributed by atoms with E-state index >= 15 is 0 Å². The van der Waals surface area contributed by atoms with Crippen LogP contribution in [0.4, 0.5) is 11.5 Å². The molecule has 14 heavy (non-hydrogen) atoms. The summed E-state index contributed by atoms with van der Waals surface area (Å²) in [7, 11) is 0. The molecule has 2 rings (SSSR count). The maximum atomic E-state index is 10.6. The van der Waals surface area contributed by atoms with E-state index in [2.05, 4.69) is 4.98 Å². The molecule has 0 atom stereocenters. The van der Waals surface area contributed by atoms with E-state index in [0.29, 0.717) is 17.0 Å². The third-order valence-electron chi connectivity index (χ3n) is 2.00. The number of nitrogen functional groups attached to an aromatic ring is 1. The summed E-state index contributed by atoms with van der Waals surface area (Å²) in [6.45, 7) is 1.70. The molecule has 0 aliphatic carbocycles. The van der Waals surface area contributed by atoms with Crippen molar-refractivity contribution < 1.29 is 4.92 Å². The summed E-state index contributed by atoms with van der Waals surface area (Å²) in [5.41, 5.74) is 6.45. The SMILES string of the molecule is Cc1nc([N+](=O)[O-])c2cc(N)ccn12. The maximum Gasteiger partial charge on any atom is 0.389 e. The molecule has 72 valence electrons. The second kappa shape index (κ2) is 2.69. The topological polar surface area (TPSA) is 86.5 Å². The van der Waals surface area contributed by atoms with Gasteiger partial charge in [-0.3, -0.25) is 4.40 Å². The normalized spacial score (nSPS) is 10.6. The summed E-state index contributed by atoms with van der Waals surface area (Å²) >= 11 is 0. The van der Waals surface area contributed by atoms with E-state index < -0.39 is 4.92 Å². The Bertz CT molecular complexity index is 517. The highest BCUT2D eigenvalue weighted by Gasteiger charge is 2.18. The van der Waals surface area contributed by atoms with Crippen molar-refractivity contribution in [3.8, 4) is 0 Å². The highest BCUT2D eigenvalue weighted by Crippen LogP contribution is 2.21. The van der Waals surface area contributed by atoms with Gasteiger partial charge in [-0.2, -0.15) is 0 Å². The number of hydrogen-bond donors (Lipinski definition) is 1. The number of nitrogens with zero attached hydrogens (tertiary/aromatic N) is 3. The van der Waals surface area contributed by atoms with E-state index in [9.17, 15) is 10.1 Å². The number of rotatable bonds is 1. The van der Waals surface area contributed by atoms with Gasteiger partial charge in [0.1, 0.15) is 5.52 Å². The number of aromatic nitrogens is 2. The lowest BCUT2D eigenvalue weighted by Crippen LogP contribution is -1.91. The van der Waals surface area contributed by atoms with Crippen molar-refractivity contribution in [2.75, 3.05) is 5.73 Å². The molecule has 2 N–H and O–H groups in total. The number of hydrogen-bond acceptors (Lipinski definition) is 4. The molecule has 2 heterocycles. The molecule has 0 saturated heterocycles. The monoisotopic (exact) mass is 192 g/mol. The first-order chi connectivity index (χ1) is 6.59. The lowest BCUT2D eigenvalue weighted by Gasteiger charge is -1.95. The Hall–Kier alpha value is -2.11. The van der Waals surface area contributed by atoms with Crippen molar-refractivity contribution >= 4 is 17.0 Å². The zero-order valence-electron chi connectivity index (χ0n) is 7.47. The molecule has 6 nitrogen and oxygen atoms in total. The zero-order chi connectivity index (χ0) is 10.3. The van der Waals surface area contributed by atoms with Crippen molar-refractivity contribution in [3.63, 3.8) is 0 Å². The quantitative estimate of drug-likeness (QED) is 0.542. The third-order valence-corrected chi connectivity index (χ3v) is 2.00. The van der Waals surface area contributed by atoms with Crippen LogP contribution in [0.15, 0.2) is 18.3 Å². The van der Waals surface area contributed by atoms with E-state index in [4.69, 9.17) is 5.73 Å². The molecule has 0 amide bonds. The van der Waals surface area contributed by atoms with Crippen LogP contribution >= 0.6 is 0 Å². The molecule has 0 fully saturated rings. The summed E-state index contributed by atoms with van der Waals surface area (Å²) in [5.74, 6) is 0.418. The van der Waals surface area contributed by atoms with Gasteiger partial charge in [-0.05, 0) is 22.0 Å². The number of fused-ring (bicyclic) bond motifs is 1. The minimum Gasteiger partial charge on any atom is -0.399 e. The second-order valence-corrected chi connectivity index (χ2v) is 2.96. The van der Waals surface area contributed by atoms with Crippen molar-refractivity contribution in [1.29, 1.82) is 0 Å². The average Bonchev–Trinajstić information content (AvgIpc) is 2.43. The van der Waals surface area contributed by atoms with Gasteiger partial charge in [0.15, 0.2) is 0 Å². The Morgan fingerprint density at radius 1 is 1.64 bits per heavy atom. The van der Waals surface area contributed by atoms with Crippen LogP contribution in [0.5, 0.6) is 0 Å². The molecule has 0 aliphatic rings. The van der Waals surface area contributed by atoms with Crippen LogP contribution in [0, 0.1) is 17.0 Å². The van der Waals surface area contributed by atoms with Gasteiger partial charge in [0, 0.05) is 18.8 Å². The number of nitro groups is 1. The van der Waals surface area contributed by atoms with Gasteiger partial charge in [0.05, 0.1) is 0 Å². The second-order valence-electron chi connectivity index (χ2n) is 2.96. The number of pyridine rings is 1. The molecule has 0 aliphatic heterocycles.